The minimum absolute atomic E-state index is 0.632. The van der Waals surface area contributed by atoms with E-state index in [2.05, 4.69) is 209 Å². The second-order valence-electron chi connectivity index (χ2n) is 16.5. The SMILES string of the molecule is N#Cc1ccc2c(c1)c1cc(-c3ccc4c(c3)C(c3ccccc3)(c3ccccc3)c3cc(-c5cc(-c6ccncc6)cc(-c6ccncc6)c5)ccc3O4)ccc1n2-c1ccccc1. The molecule has 3 aromatic heterocycles. The Balaban J connectivity index is 1.09. The molecule has 4 heterocycles. The highest BCUT2D eigenvalue weighted by Crippen LogP contribution is 2.57. The lowest BCUT2D eigenvalue weighted by Crippen LogP contribution is -2.34. The summed E-state index contributed by atoms with van der Waals surface area (Å²) in [6.07, 6.45) is 7.37. The van der Waals surface area contributed by atoms with Gasteiger partial charge < -0.3 is 9.30 Å². The number of para-hydroxylation sites is 1. The standard InChI is InChI=1S/C60H38N4O/c61-39-40-16-20-56-52(32-40)53-36-43(17-21-57(53)64(56)51-14-8-3-9-15-51)44-18-22-58-54(37-44)60(49-10-4-1-5-11-49,50-12-6-2-7-13-50)55-38-45(19-23-59(55)65-58)48-34-46(41-24-28-62-29-25-41)33-47(35-48)42-26-30-63-31-27-42/h1-38H. The summed E-state index contributed by atoms with van der Waals surface area (Å²) < 4.78 is 9.29. The first kappa shape index (κ1) is 37.9. The quantitative estimate of drug-likeness (QED) is 0.160. The number of fused-ring (bicyclic) bond motifs is 5. The smallest absolute Gasteiger partial charge is 0.132 e. The largest absolute Gasteiger partial charge is 0.457 e. The van der Waals surface area contributed by atoms with Gasteiger partial charge in [0.05, 0.1) is 28.1 Å². The van der Waals surface area contributed by atoms with Crippen molar-refractivity contribution in [3.05, 3.63) is 259 Å². The first-order valence-corrected chi connectivity index (χ1v) is 21.7. The Bertz CT molecular complexity index is 3520. The normalized spacial score (nSPS) is 12.5. The summed E-state index contributed by atoms with van der Waals surface area (Å²) in [4.78, 5) is 8.62. The van der Waals surface area contributed by atoms with Crippen LogP contribution in [-0.4, -0.2) is 14.5 Å². The van der Waals surface area contributed by atoms with Crippen LogP contribution in [0, 0.1) is 11.3 Å². The van der Waals surface area contributed by atoms with Crippen molar-refractivity contribution in [3.8, 4) is 67.8 Å². The Morgan fingerprint density at radius 3 is 1.38 bits per heavy atom. The van der Waals surface area contributed by atoms with Gasteiger partial charge in [-0.2, -0.15) is 5.26 Å². The Morgan fingerprint density at radius 2 is 0.846 bits per heavy atom. The topological polar surface area (TPSA) is 63.7 Å². The minimum Gasteiger partial charge on any atom is -0.457 e. The van der Waals surface area contributed by atoms with Crippen molar-refractivity contribution in [1.29, 1.82) is 5.26 Å². The van der Waals surface area contributed by atoms with E-state index < -0.39 is 5.41 Å². The van der Waals surface area contributed by atoms with Gasteiger partial charge in [0.2, 0.25) is 0 Å². The third kappa shape index (κ3) is 6.31. The molecule has 8 aromatic carbocycles. The Labute approximate surface area is 376 Å². The van der Waals surface area contributed by atoms with Gasteiger partial charge in [0.15, 0.2) is 0 Å². The van der Waals surface area contributed by atoms with E-state index in [1.165, 1.54) is 0 Å². The van der Waals surface area contributed by atoms with Crippen molar-refractivity contribution in [2.45, 2.75) is 5.41 Å². The lowest BCUT2D eigenvalue weighted by Gasteiger charge is -2.42. The molecule has 12 rings (SSSR count). The van der Waals surface area contributed by atoms with E-state index >= 15 is 0 Å². The zero-order valence-corrected chi connectivity index (χ0v) is 35.1. The van der Waals surface area contributed by atoms with Crippen molar-refractivity contribution in [1.82, 2.24) is 14.5 Å². The molecule has 5 nitrogen and oxygen atoms in total. The summed E-state index contributed by atoms with van der Waals surface area (Å²) in [5.74, 6) is 1.62. The number of pyridine rings is 2. The summed E-state index contributed by atoms with van der Waals surface area (Å²) in [6.45, 7) is 0. The van der Waals surface area contributed by atoms with E-state index in [9.17, 15) is 5.26 Å². The average Bonchev–Trinajstić information content (AvgIpc) is 3.71. The first-order valence-electron chi connectivity index (χ1n) is 21.7. The molecule has 65 heavy (non-hydrogen) atoms. The Hall–Kier alpha value is -8.85. The molecular weight excluding hydrogens is 793 g/mol. The van der Waals surface area contributed by atoms with Gasteiger partial charge in [-0.1, -0.05) is 97.1 Å². The molecule has 0 N–H and O–H groups in total. The predicted molar refractivity (Wildman–Crippen MR) is 261 cm³/mol. The highest BCUT2D eigenvalue weighted by atomic mass is 16.5. The molecule has 0 bridgehead atoms. The van der Waals surface area contributed by atoms with Crippen LogP contribution < -0.4 is 4.74 Å². The number of hydrogen-bond donors (Lipinski definition) is 0. The summed E-state index contributed by atoms with van der Waals surface area (Å²) in [5.41, 5.74) is 16.2. The first-order chi connectivity index (χ1) is 32.2. The van der Waals surface area contributed by atoms with Crippen LogP contribution in [0.3, 0.4) is 0 Å². The maximum atomic E-state index is 9.97. The van der Waals surface area contributed by atoms with E-state index in [-0.39, 0.29) is 0 Å². The van der Waals surface area contributed by atoms with Gasteiger partial charge in [-0.3, -0.25) is 9.97 Å². The highest BCUT2D eigenvalue weighted by molar-refractivity contribution is 6.11. The predicted octanol–water partition coefficient (Wildman–Crippen LogP) is 14.6. The highest BCUT2D eigenvalue weighted by Gasteiger charge is 2.45. The number of hydrogen-bond acceptors (Lipinski definition) is 4. The monoisotopic (exact) mass is 830 g/mol. The van der Waals surface area contributed by atoms with E-state index in [1.807, 2.05) is 43.0 Å². The van der Waals surface area contributed by atoms with Crippen LogP contribution in [0.25, 0.3) is 72.0 Å². The lowest BCUT2D eigenvalue weighted by molar-refractivity contribution is 0.435. The van der Waals surface area contributed by atoms with E-state index in [0.717, 1.165) is 106 Å². The maximum absolute atomic E-state index is 9.97. The maximum Gasteiger partial charge on any atom is 0.132 e. The van der Waals surface area contributed by atoms with Gasteiger partial charge in [-0.25, -0.2) is 0 Å². The molecule has 0 unspecified atom stereocenters. The fourth-order valence-electron chi connectivity index (χ4n) is 9.96. The molecule has 11 aromatic rings. The molecule has 304 valence electrons. The molecule has 0 spiro atoms. The zero-order chi connectivity index (χ0) is 43.3. The second kappa shape index (κ2) is 15.5. The number of rotatable bonds is 7. The minimum atomic E-state index is -0.761. The Kier molecular flexibility index (Phi) is 9.03. The molecule has 1 aliphatic rings. The number of benzene rings is 8. The van der Waals surface area contributed by atoms with Crippen LogP contribution in [-0.2, 0) is 5.41 Å². The van der Waals surface area contributed by atoms with Crippen molar-refractivity contribution in [2.75, 3.05) is 0 Å². The van der Waals surface area contributed by atoms with Crippen molar-refractivity contribution >= 4 is 21.8 Å². The van der Waals surface area contributed by atoms with Crippen LogP contribution in [0.4, 0.5) is 0 Å². The van der Waals surface area contributed by atoms with Crippen molar-refractivity contribution in [2.24, 2.45) is 0 Å². The fourth-order valence-corrected chi connectivity index (χ4v) is 9.96. The molecule has 5 heteroatoms. The Morgan fingerprint density at radius 1 is 0.400 bits per heavy atom. The van der Waals surface area contributed by atoms with Gasteiger partial charge >= 0.3 is 0 Å². The summed E-state index contributed by atoms with van der Waals surface area (Å²) >= 11 is 0. The average molecular weight is 831 g/mol. The summed E-state index contributed by atoms with van der Waals surface area (Å²) in [5, 5.41) is 12.1. The third-order valence-corrected chi connectivity index (χ3v) is 12.9. The van der Waals surface area contributed by atoms with E-state index in [4.69, 9.17) is 4.74 Å². The van der Waals surface area contributed by atoms with Crippen LogP contribution in [0.5, 0.6) is 11.5 Å². The lowest BCUT2D eigenvalue weighted by atomic mass is 9.63. The van der Waals surface area contributed by atoms with Gasteiger partial charge in [-0.15, -0.1) is 0 Å². The van der Waals surface area contributed by atoms with Crippen molar-refractivity contribution in [3.63, 3.8) is 0 Å². The molecule has 0 amide bonds. The van der Waals surface area contributed by atoms with Crippen molar-refractivity contribution < 1.29 is 4.74 Å². The van der Waals surface area contributed by atoms with E-state index in [1.54, 1.807) is 0 Å². The number of aromatic nitrogens is 3. The fraction of sp³-hybridized carbons (Fsp3) is 0.0167. The van der Waals surface area contributed by atoms with Gasteiger partial charge in [0, 0.05) is 52.4 Å². The van der Waals surface area contributed by atoms with Gasteiger partial charge in [-0.05, 0) is 165 Å². The van der Waals surface area contributed by atoms with Crippen LogP contribution >= 0.6 is 0 Å². The molecule has 0 aliphatic carbocycles. The third-order valence-electron chi connectivity index (χ3n) is 12.9. The molecule has 0 radical (unpaired) electrons. The van der Waals surface area contributed by atoms with Crippen LogP contribution in [0.15, 0.2) is 231 Å². The van der Waals surface area contributed by atoms with Gasteiger partial charge in [0.1, 0.15) is 11.5 Å². The number of ether oxygens (including phenoxy) is 1. The summed E-state index contributed by atoms with van der Waals surface area (Å²) in [6, 6.07) is 75.4. The van der Waals surface area contributed by atoms with Gasteiger partial charge in [0.25, 0.3) is 0 Å². The van der Waals surface area contributed by atoms with Crippen LogP contribution in [0.2, 0.25) is 0 Å². The summed E-state index contributed by atoms with van der Waals surface area (Å²) in [7, 11) is 0. The molecule has 0 atom stereocenters. The van der Waals surface area contributed by atoms with E-state index in [0.29, 0.717) is 5.56 Å². The molecule has 1 aliphatic heterocycles. The number of nitriles is 1. The molecular formula is C60H38N4O. The molecule has 0 saturated heterocycles. The molecule has 0 saturated carbocycles. The zero-order valence-electron chi connectivity index (χ0n) is 35.1. The second-order valence-corrected chi connectivity index (χ2v) is 16.5. The number of nitrogens with zero attached hydrogens (tertiary/aromatic N) is 4. The van der Waals surface area contributed by atoms with Crippen LogP contribution in [0.1, 0.15) is 27.8 Å². The molecule has 0 fully saturated rings.